The fourth-order valence-electron chi connectivity index (χ4n) is 3.29. The minimum Gasteiger partial charge on any atom is -0.330 e. The van der Waals surface area contributed by atoms with Crippen molar-refractivity contribution in [3.8, 4) is 0 Å². The Kier molecular flexibility index (Phi) is 4.19. The van der Waals surface area contributed by atoms with Crippen LogP contribution in [0.2, 0.25) is 0 Å². The molecule has 6 heteroatoms. The Labute approximate surface area is 126 Å². The summed E-state index contributed by atoms with van der Waals surface area (Å²) in [6.45, 7) is 1.65. The molecule has 0 amide bonds. The number of piperidine rings is 1. The van der Waals surface area contributed by atoms with E-state index in [1.54, 1.807) is 0 Å². The summed E-state index contributed by atoms with van der Waals surface area (Å²) in [5.74, 6) is 0.273. The van der Waals surface area contributed by atoms with E-state index in [9.17, 15) is 8.42 Å². The summed E-state index contributed by atoms with van der Waals surface area (Å²) in [6.07, 6.45) is 5.21. The third-order valence-electron chi connectivity index (χ3n) is 4.50. The fraction of sp³-hybridized carbons (Fsp3) is 0.600. The van der Waals surface area contributed by atoms with Crippen molar-refractivity contribution in [2.75, 3.05) is 24.4 Å². The molecule has 0 bridgehead atoms. The highest BCUT2D eigenvalue weighted by Crippen LogP contribution is 2.26. The lowest BCUT2D eigenvalue weighted by Crippen LogP contribution is -2.44. The number of benzene rings is 1. The van der Waals surface area contributed by atoms with Gasteiger partial charge in [-0.2, -0.15) is 12.7 Å². The number of rotatable bonds is 4. The second-order valence-electron chi connectivity index (χ2n) is 6.05. The van der Waals surface area contributed by atoms with E-state index < -0.39 is 10.2 Å². The summed E-state index contributed by atoms with van der Waals surface area (Å²) >= 11 is 0. The molecular formula is C15H23N3O2S. The Morgan fingerprint density at radius 3 is 2.86 bits per heavy atom. The summed E-state index contributed by atoms with van der Waals surface area (Å²) in [5.41, 5.74) is 8.97. The van der Waals surface area contributed by atoms with Crippen LogP contribution in [0.15, 0.2) is 18.2 Å². The average molecular weight is 309 g/mol. The van der Waals surface area contributed by atoms with Crippen LogP contribution in [0.1, 0.15) is 30.4 Å². The second kappa shape index (κ2) is 5.94. The molecule has 1 saturated heterocycles. The molecule has 0 aromatic heterocycles. The van der Waals surface area contributed by atoms with Gasteiger partial charge >= 0.3 is 10.2 Å². The van der Waals surface area contributed by atoms with Gasteiger partial charge in [-0.15, -0.1) is 0 Å². The predicted octanol–water partition coefficient (Wildman–Crippen LogP) is 1.50. The molecule has 3 N–H and O–H groups in total. The number of nitrogens with one attached hydrogen (secondary N) is 1. The molecule has 1 aliphatic heterocycles. The average Bonchev–Trinajstić information content (AvgIpc) is 2.94. The van der Waals surface area contributed by atoms with Crippen LogP contribution in [0, 0.1) is 5.92 Å². The van der Waals surface area contributed by atoms with E-state index in [1.807, 2.05) is 18.2 Å². The normalized spacial score (nSPS) is 23.0. The number of hydrogen-bond acceptors (Lipinski definition) is 3. The Hall–Kier alpha value is -1.11. The van der Waals surface area contributed by atoms with Gasteiger partial charge in [0.25, 0.3) is 0 Å². The monoisotopic (exact) mass is 309 g/mol. The maximum atomic E-state index is 12.5. The number of anilines is 1. The van der Waals surface area contributed by atoms with Gasteiger partial charge in [-0.3, -0.25) is 4.72 Å². The van der Waals surface area contributed by atoms with Crippen molar-refractivity contribution in [3.05, 3.63) is 29.3 Å². The Bertz CT molecular complexity index is 615. The molecule has 1 aromatic carbocycles. The quantitative estimate of drug-likeness (QED) is 0.885. The molecular weight excluding hydrogens is 286 g/mol. The molecule has 1 fully saturated rings. The summed E-state index contributed by atoms with van der Waals surface area (Å²) in [4.78, 5) is 0. The molecule has 0 radical (unpaired) electrons. The lowest BCUT2D eigenvalue weighted by Gasteiger charge is -2.31. The molecule has 1 heterocycles. The van der Waals surface area contributed by atoms with Crippen LogP contribution in [-0.2, 0) is 23.1 Å². The van der Waals surface area contributed by atoms with Crippen molar-refractivity contribution in [3.63, 3.8) is 0 Å². The molecule has 0 spiro atoms. The maximum absolute atomic E-state index is 12.5. The summed E-state index contributed by atoms with van der Waals surface area (Å²) < 4.78 is 29.2. The number of aryl methyl sites for hydroxylation is 2. The Balaban J connectivity index is 1.73. The molecule has 1 unspecified atom stereocenters. The molecule has 0 saturated carbocycles. The van der Waals surface area contributed by atoms with Crippen molar-refractivity contribution in [1.29, 1.82) is 0 Å². The first-order valence-corrected chi connectivity index (χ1v) is 9.12. The molecule has 1 aliphatic carbocycles. The maximum Gasteiger partial charge on any atom is 0.301 e. The van der Waals surface area contributed by atoms with E-state index in [-0.39, 0.29) is 5.92 Å². The van der Waals surface area contributed by atoms with Gasteiger partial charge in [0.15, 0.2) is 0 Å². The summed E-state index contributed by atoms with van der Waals surface area (Å²) in [5, 5.41) is 0. The first-order chi connectivity index (χ1) is 10.1. The van der Waals surface area contributed by atoms with E-state index in [0.717, 1.165) is 32.1 Å². The standard InChI is InChI=1S/C15H23N3O2S/c16-10-12-3-2-8-18(11-12)21(19,20)17-15-7-6-13-4-1-5-14(13)9-15/h6-7,9,12,17H,1-5,8,10-11,16H2. The van der Waals surface area contributed by atoms with Crippen LogP contribution < -0.4 is 10.5 Å². The number of hydrogen-bond donors (Lipinski definition) is 2. The Morgan fingerprint density at radius 1 is 1.24 bits per heavy atom. The molecule has 2 aliphatic rings. The van der Waals surface area contributed by atoms with Crippen molar-refractivity contribution in [2.45, 2.75) is 32.1 Å². The zero-order valence-corrected chi connectivity index (χ0v) is 13.0. The second-order valence-corrected chi connectivity index (χ2v) is 7.72. The van der Waals surface area contributed by atoms with Crippen molar-refractivity contribution < 1.29 is 8.42 Å². The first kappa shape index (κ1) is 14.8. The minimum absolute atomic E-state index is 0.273. The van der Waals surface area contributed by atoms with E-state index in [4.69, 9.17) is 5.73 Å². The van der Waals surface area contributed by atoms with Gasteiger partial charge in [0.1, 0.15) is 0 Å². The van der Waals surface area contributed by atoms with Gasteiger partial charge in [-0.1, -0.05) is 6.07 Å². The molecule has 21 heavy (non-hydrogen) atoms. The molecule has 1 atom stereocenters. The lowest BCUT2D eigenvalue weighted by molar-refractivity contribution is 0.273. The predicted molar refractivity (Wildman–Crippen MR) is 84.4 cm³/mol. The van der Waals surface area contributed by atoms with Crippen molar-refractivity contribution in [1.82, 2.24) is 4.31 Å². The number of nitrogens with two attached hydrogens (primary N) is 1. The van der Waals surface area contributed by atoms with Gasteiger partial charge in [0, 0.05) is 13.1 Å². The third-order valence-corrected chi connectivity index (χ3v) is 6.01. The molecule has 116 valence electrons. The minimum atomic E-state index is -3.47. The van der Waals surface area contributed by atoms with Gasteiger partial charge < -0.3 is 5.73 Å². The lowest BCUT2D eigenvalue weighted by atomic mass is 10.0. The highest BCUT2D eigenvalue weighted by Gasteiger charge is 2.28. The molecule has 1 aromatic rings. The van der Waals surface area contributed by atoms with Crippen molar-refractivity contribution in [2.24, 2.45) is 11.7 Å². The van der Waals surface area contributed by atoms with Gasteiger partial charge in [-0.05, 0) is 67.8 Å². The van der Waals surface area contributed by atoms with Gasteiger partial charge in [-0.25, -0.2) is 0 Å². The summed E-state index contributed by atoms with van der Waals surface area (Å²) in [6, 6.07) is 5.88. The van der Waals surface area contributed by atoms with E-state index in [1.165, 1.54) is 15.4 Å². The van der Waals surface area contributed by atoms with E-state index in [2.05, 4.69) is 4.72 Å². The van der Waals surface area contributed by atoms with Crippen LogP contribution in [0.5, 0.6) is 0 Å². The Morgan fingerprint density at radius 2 is 2.05 bits per heavy atom. The van der Waals surface area contributed by atoms with Gasteiger partial charge in [0.2, 0.25) is 0 Å². The summed E-state index contributed by atoms with van der Waals surface area (Å²) in [7, 11) is -3.47. The first-order valence-electron chi connectivity index (χ1n) is 7.68. The van der Waals surface area contributed by atoms with Crippen LogP contribution in [-0.4, -0.2) is 32.4 Å². The van der Waals surface area contributed by atoms with Crippen LogP contribution in [0.3, 0.4) is 0 Å². The highest BCUT2D eigenvalue weighted by molar-refractivity contribution is 7.90. The SMILES string of the molecule is NCC1CCCN(S(=O)(=O)Nc2ccc3c(c2)CCC3)C1. The number of fused-ring (bicyclic) bond motifs is 1. The van der Waals surface area contributed by atoms with Crippen LogP contribution >= 0.6 is 0 Å². The van der Waals surface area contributed by atoms with Gasteiger partial charge in [0.05, 0.1) is 5.69 Å². The van der Waals surface area contributed by atoms with Crippen LogP contribution in [0.4, 0.5) is 5.69 Å². The van der Waals surface area contributed by atoms with Crippen molar-refractivity contribution >= 4 is 15.9 Å². The molecule has 5 nitrogen and oxygen atoms in total. The zero-order chi connectivity index (χ0) is 14.9. The highest BCUT2D eigenvalue weighted by atomic mass is 32.2. The van der Waals surface area contributed by atoms with E-state index >= 15 is 0 Å². The zero-order valence-electron chi connectivity index (χ0n) is 12.2. The van der Waals surface area contributed by atoms with Crippen LogP contribution in [0.25, 0.3) is 0 Å². The van der Waals surface area contributed by atoms with E-state index in [0.29, 0.717) is 25.3 Å². The topological polar surface area (TPSA) is 75.4 Å². The molecule has 3 rings (SSSR count). The number of nitrogens with zero attached hydrogens (tertiary/aromatic N) is 1. The largest absolute Gasteiger partial charge is 0.330 e. The fourth-order valence-corrected chi connectivity index (χ4v) is 4.62. The third kappa shape index (κ3) is 3.22. The smallest absolute Gasteiger partial charge is 0.301 e.